The fraction of sp³-hybridized carbons (Fsp3) is 0.0714. The molecule has 1 N–H and O–H groups in total. The summed E-state index contributed by atoms with van der Waals surface area (Å²) < 4.78 is 0. The van der Waals surface area contributed by atoms with E-state index < -0.39 is 0 Å². The Bertz CT molecular complexity index is 580. The molecule has 0 atom stereocenters. The van der Waals surface area contributed by atoms with Gasteiger partial charge in [-0.2, -0.15) is 0 Å². The molecule has 0 radical (unpaired) electrons. The van der Waals surface area contributed by atoms with Gasteiger partial charge >= 0.3 is 0 Å². The number of rotatable bonds is 3. The van der Waals surface area contributed by atoms with Crippen LogP contribution in [0.25, 0.3) is 0 Å². The number of hydrogen-bond donors (Lipinski definition) is 1. The molecule has 0 aliphatic rings. The van der Waals surface area contributed by atoms with Crippen LogP contribution in [0.15, 0.2) is 47.5 Å². The summed E-state index contributed by atoms with van der Waals surface area (Å²) in [5, 5.41) is 4.39. The van der Waals surface area contributed by atoms with Gasteiger partial charge in [0.1, 0.15) is 0 Å². The third kappa shape index (κ3) is 3.03. The lowest BCUT2D eigenvalue weighted by Crippen LogP contribution is -1.94. The predicted molar refractivity (Wildman–Crippen MR) is 79.7 cm³/mol. The molecule has 0 unspecified atom stereocenters. The average Bonchev–Trinajstić information content (AvgIpc) is 2.38. The van der Waals surface area contributed by atoms with Crippen LogP contribution in [0, 0.1) is 0 Å². The zero-order valence-corrected chi connectivity index (χ0v) is 11.3. The van der Waals surface area contributed by atoms with Crippen molar-refractivity contribution in [3.8, 4) is 0 Å². The number of hydrogen-bond acceptors (Lipinski definition) is 2. The highest BCUT2D eigenvalue weighted by molar-refractivity contribution is 6.33. The summed E-state index contributed by atoms with van der Waals surface area (Å²) in [6, 6.07) is 13.0. The van der Waals surface area contributed by atoms with Crippen LogP contribution in [0.3, 0.4) is 0 Å². The zero-order valence-electron chi connectivity index (χ0n) is 9.82. The van der Waals surface area contributed by atoms with Crippen molar-refractivity contribution < 1.29 is 0 Å². The van der Waals surface area contributed by atoms with Gasteiger partial charge < -0.3 is 5.32 Å². The smallest absolute Gasteiger partial charge is 0.0816 e. The standard InChI is InChI=1S/C14H12Cl2N2/c1-17-13-7-6-11(15)8-10(13)9-18-14-5-3-2-4-12(14)16/h2-9,17H,1H3. The molecule has 2 nitrogen and oxygen atoms in total. The van der Waals surface area contributed by atoms with E-state index in [-0.39, 0.29) is 0 Å². The molecular formula is C14H12Cl2N2. The zero-order chi connectivity index (χ0) is 13.0. The molecule has 0 aromatic heterocycles. The van der Waals surface area contributed by atoms with Crippen molar-refractivity contribution in [2.75, 3.05) is 12.4 Å². The van der Waals surface area contributed by atoms with Crippen molar-refractivity contribution in [1.29, 1.82) is 0 Å². The molecule has 0 saturated heterocycles. The highest BCUT2D eigenvalue weighted by atomic mass is 35.5. The van der Waals surface area contributed by atoms with Crippen LogP contribution < -0.4 is 5.32 Å². The van der Waals surface area contributed by atoms with Crippen LogP contribution in [0.5, 0.6) is 0 Å². The third-order valence-electron chi connectivity index (χ3n) is 2.48. The van der Waals surface area contributed by atoms with Crippen molar-refractivity contribution in [2.24, 2.45) is 4.99 Å². The highest BCUT2D eigenvalue weighted by Gasteiger charge is 2.00. The number of benzene rings is 2. The van der Waals surface area contributed by atoms with Gasteiger partial charge in [-0.25, -0.2) is 0 Å². The molecule has 4 heteroatoms. The second kappa shape index (κ2) is 5.89. The number of para-hydroxylation sites is 1. The van der Waals surface area contributed by atoms with E-state index in [1.165, 1.54) is 0 Å². The van der Waals surface area contributed by atoms with Crippen LogP contribution in [0.4, 0.5) is 11.4 Å². The van der Waals surface area contributed by atoms with E-state index >= 15 is 0 Å². The maximum atomic E-state index is 6.04. The first kappa shape index (κ1) is 12.9. The van der Waals surface area contributed by atoms with Crippen LogP contribution in [0.1, 0.15) is 5.56 Å². The summed E-state index contributed by atoms with van der Waals surface area (Å²) >= 11 is 12.0. The monoisotopic (exact) mass is 278 g/mol. The summed E-state index contributed by atoms with van der Waals surface area (Å²) in [6.07, 6.45) is 1.75. The molecule has 0 saturated carbocycles. The minimum Gasteiger partial charge on any atom is -0.388 e. The highest BCUT2D eigenvalue weighted by Crippen LogP contribution is 2.25. The van der Waals surface area contributed by atoms with Gasteiger partial charge in [-0.15, -0.1) is 0 Å². The molecule has 0 bridgehead atoms. The van der Waals surface area contributed by atoms with Crippen molar-refractivity contribution in [1.82, 2.24) is 0 Å². The van der Waals surface area contributed by atoms with Gasteiger partial charge in [0.2, 0.25) is 0 Å². The molecule has 2 aromatic carbocycles. The summed E-state index contributed by atoms with van der Waals surface area (Å²) in [7, 11) is 1.86. The molecule has 0 aliphatic carbocycles. The molecular weight excluding hydrogens is 267 g/mol. The Morgan fingerprint density at radius 3 is 2.61 bits per heavy atom. The third-order valence-corrected chi connectivity index (χ3v) is 3.03. The van der Waals surface area contributed by atoms with Gasteiger partial charge in [0, 0.05) is 29.5 Å². The fourth-order valence-corrected chi connectivity index (χ4v) is 1.93. The van der Waals surface area contributed by atoms with E-state index in [4.69, 9.17) is 23.2 Å². The van der Waals surface area contributed by atoms with Gasteiger partial charge in [0.05, 0.1) is 10.7 Å². The van der Waals surface area contributed by atoms with E-state index in [0.29, 0.717) is 10.0 Å². The minimum absolute atomic E-state index is 0.627. The molecule has 92 valence electrons. The number of aliphatic imine (C=N–C) groups is 1. The van der Waals surface area contributed by atoms with Crippen molar-refractivity contribution >= 4 is 40.8 Å². The topological polar surface area (TPSA) is 24.4 Å². The molecule has 0 aliphatic heterocycles. The summed E-state index contributed by atoms with van der Waals surface area (Å²) in [5.74, 6) is 0. The normalized spacial score (nSPS) is 10.8. The number of halogens is 2. The first-order chi connectivity index (χ1) is 8.70. The Morgan fingerprint density at radius 1 is 1.11 bits per heavy atom. The molecule has 0 fully saturated rings. The van der Waals surface area contributed by atoms with E-state index in [2.05, 4.69) is 10.3 Å². The van der Waals surface area contributed by atoms with Crippen LogP contribution >= 0.6 is 23.2 Å². The van der Waals surface area contributed by atoms with Gasteiger partial charge in [-0.1, -0.05) is 35.3 Å². The Morgan fingerprint density at radius 2 is 1.89 bits per heavy atom. The average molecular weight is 279 g/mol. The number of nitrogens with zero attached hydrogens (tertiary/aromatic N) is 1. The van der Waals surface area contributed by atoms with Crippen molar-refractivity contribution in [3.05, 3.63) is 58.1 Å². The first-order valence-electron chi connectivity index (χ1n) is 5.46. The Balaban J connectivity index is 2.34. The Kier molecular flexibility index (Phi) is 4.24. The van der Waals surface area contributed by atoms with E-state index in [0.717, 1.165) is 16.9 Å². The SMILES string of the molecule is CNc1ccc(Cl)cc1C=Nc1ccccc1Cl. The summed E-state index contributed by atoms with van der Waals surface area (Å²) in [5.41, 5.74) is 2.63. The van der Waals surface area contributed by atoms with Crippen LogP contribution in [0.2, 0.25) is 10.0 Å². The summed E-state index contributed by atoms with van der Waals surface area (Å²) in [6.45, 7) is 0. The van der Waals surface area contributed by atoms with Crippen molar-refractivity contribution in [3.63, 3.8) is 0 Å². The van der Waals surface area contributed by atoms with E-state index in [1.807, 2.05) is 49.5 Å². The number of nitrogens with one attached hydrogen (secondary N) is 1. The minimum atomic E-state index is 0.627. The molecule has 0 heterocycles. The van der Waals surface area contributed by atoms with Gasteiger partial charge in [0.15, 0.2) is 0 Å². The van der Waals surface area contributed by atoms with E-state index in [9.17, 15) is 0 Å². The summed E-state index contributed by atoms with van der Waals surface area (Å²) in [4.78, 5) is 4.37. The van der Waals surface area contributed by atoms with Crippen molar-refractivity contribution in [2.45, 2.75) is 0 Å². The largest absolute Gasteiger partial charge is 0.388 e. The quantitative estimate of drug-likeness (QED) is 0.803. The Hall–Kier alpha value is -1.51. The van der Waals surface area contributed by atoms with Crippen LogP contribution in [-0.2, 0) is 0 Å². The maximum absolute atomic E-state index is 6.04. The maximum Gasteiger partial charge on any atom is 0.0816 e. The molecule has 2 rings (SSSR count). The Labute approximate surface area is 116 Å². The van der Waals surface area contributed by atoms with E-state index in [1.54, 1.807) is 6.21 Å². The molecule has 0 amide bonds. The predicted octanol–water partition coefficient (Wildman–Crippen LogP) is 4.79. The second-order valence-corrected chi connectivity index (χ2v) is 4.53. The first-order valence-corrected chi connectivity index (χ1v) is 6.22. The molecule has 2 aromatic rings. The lowest BCUT2D eigenvalue weighted by molar-refractivity contribution is 1.48. The lowest BCUT2D eigenvalue weighted by atomic mass is 10.2. The van der Waals surface area contributed by atoms with Crippen LogP contribution in [-0.4, -0.2) is 13.3 Å². The van der Waals surface area contributed by atoms with Gasteiger partial charge in [-0.3, -0.25) is 4.99 Å². The second-order valence-electron chi connectivity index (χ2n) is 3.69. The van der Waals surface area contributed by atoms with Gasteiger partial charge in [0.25, 0.3) is 0 Å². The lowest BCUT2D eigenvalue weighted by Gasteiger charge is -2.05. The molecule has 18 heavy (non-hydrogen) atoms. The van der Waals surface area contributed by atoms with Gasteiger partial charge in [-0.05, 0) is 30.3 Å². The number of anilines is 1. The molecule has 0 spiro atoms. The fourth-order valence-electron chi connectivity index (χ4n) is 1.56.